The predicted octanol–water partition coefficient (Wildman–Crippen LogP) is -5.47. The van der Waals surface area contributed by atoms with E-state index in [1.165, 1.54) is 38.4 Å². The number of tetrazole rings is 1. The molecule has 0 bridgehead atoms. The second-order valence-electron chi connectivity index (χ2n) is 33.9. The summed E-state index contributed by atoms with van der Waals surface area (Å²) in [6, 6.07) is 9.32. The van der Waals surface area contributed by atoms with Crippen molar-refractivity contribution in [3.05, 3.63) is 160 Å². The lowest BCUT2D eigenvalue weighted by molar-refractivity contribution is -0.143. The molecule has 0 aliphatic heterocycles. The van der Waals surface area contributed by atoms with Crippen LogP contribution in [0.5, 0.6) is 5.75 Å². The van der Waals surface area contributed by atoms with E-state index in [0.717, 1.165) is 60.2 Å². The first kappa shape index (κ1) is 111. The van der Waals surface area contributed by atoms with Crippen LogP contribution in [0.4, 0.5) is 4.39 Å². The molecule has 15 amide bonds. The van der Waals surface area contributed by atoms with E-state index in [1.54, 1.807) is 47.4 Å². The first-order chi connectivity index (χ1) is 66.0. The van der Waals surface area contributed by atoms with E-state index >= 15 is 4.39 Å². The first-order valence-corrected chi connectivity index (χ1v) is 44.7. The normalized spacial score (nSPS) is 13.8. The Kier molecular flexibility index (Phi) is 43.7. The lowest BCUT2D eigenvalue weighted by Gasteiger charge is -2.34. The molecule has 752 valence electrons. The maximum atomic E-state index is 15.6. The van der Waals surface area contributed by atoms with Gasteiger partial charge in [-0.2, -0.15) is 0 Å². The highest BCUT2D eigenvalue weighted by molar-refractivity contribution is 6.06. The Morgan fingerprint density at radius 2 is 1.20 bits per heavy atom. The molecule has 3 heterocycles. The van der Waals surface area contributed by atoms with Gasteiger partial charge in [-0.1, -0.05) is 90.0 Å². The molecule has 0 radical (unpaired) electrons. The number of aliphatic hydroxyl groups excluding tert-OH is 4. The van der Waals surface area contributed by atoms with Gasteiger partial charge in [-0.15, -0.1) is 10.2 Å². The number of imidazole rings is 1. The quantitative estimate of drug-likeness (QED) is 0.0125. The minimum absolute atomic E-state index is 0.0121. The molecular weight excluding hydrogens is 1820 g/mol. The molecule has 0 saturated heterocycles. The fraction of sp³-hybridized carbons (Fsp3) is 0.478. The standard InChI is InChI=1S/C90H122FN25O23/c1-9-55-35-60(139-30-13-12-29-116-45-59(110-115-116)40-96-72(123)41-97-73(124)42-98-74(125)43-99-75(126)44-100-80(130)63(92)46-117)23-24-61(55)56-21-19-53(20-22-56)34-66(81(131)102-64(79(93)129)18-14-15-54-32-49(2)31-50(3)33-54)103-82(132)67(37-76(127)128)104-83(133)68(47-118)105-84(134)77(51(4)119)108-88(138)90(8,38-57-16-10-11-17-62(57)91)109-85(135)78(52(5)120)107-71(122)26-25-69(121)65(36-70-111-113-114-112-70)106-87(137)89(6,7)86(136)95-28-27-58-39-94-48-101-58/h10-11,16-17,19-24,31-33,35,39,45,48,51-52,63-68,77-78,117-120H,9,12-15,18,25-30,34,36-38,40-44,46-47,92H2,1-8H3,(H2,93,129)(H,94,101)(H,95,136)(H,96,123)(H,97,124)(H,98,125)(H,99,126)(H,100,130)(H,102,131)(H,103,132)(H,104,133)(H,105,134)(H,106,137)(H,107,122)(H,108,138)(H,109,135)(H,127,128)(H,111,112,113,114)/t51-,52-,63+,64+,65+,66+,67+,68+,77+,78+,90+/m1/s1. The Morgan fingerprint density at radius 1 is 0.583 bits per heavy atom. The lowest BCUT2D eigenvalue weighted by atomic mass is 9.89. The summed E-state index contributed by atoms with van der Waals surface area (Å²) in [5, 5.41) is 107. The van der Waals surface area contributed by atoms with Crippen molar-refractivity contribution in [2.24, 2.45) is 16.9 Å². The predicted molar refractivity (Wildman–Crippen MR) is 491 cm³/mol. The van der Waals surface area contributed by atoms with Crippen LogP contribution in [-0.4, -0.2) is 290 Å². The van der Waals surface area contributed by atoms with Crippen molar-refractivity contribution >= 4 is 100 Å². The molecule has 25 N–H and O–H groups in total. The molecule has 11 atom stereocenters. The number of ketones is 1. The second kappa shape index (κ2) is 54.7. The average molecular weight is 1940 g/mol. The van der Waals surface area contributed by atoms with Gasteiger partial charge in [0.1, 0.15) is 70.5 Å². The number of H-pyrrole nitrogens is 2. The Balaban J connectivity index is 0.975. The topological polar surface area (TPSA) is 735 Å². The summed E-state index contributed by atoms with van der Waals surface area (Å²) in [7, 11) is 0. The highest BCUT2D eigenvalue weighted by atomic mass is 19.1. The number of nitrogens with zero attached hydrogens (tertiary/aromatic N) is 7. The Morgan fingerprint density at radius 3 is 1.81 bits per heavy atom. The number of ether oxygens (including phenoxy) is 1. The molecule has 0 fully saturated rings. The number of rotatable bonds is 59. The molecule has 48 nitrogen and oxygen atoms in total. The van der Waals surface area contributed by atoms with Gasteiger partial charge in [0.2, 0.25) is 88.6 Å². The van der Waals surface area contributed by atoms with Crippen molar-refractivity contribution in [1.29, 1.82) is 0 Å². The number of benzene rings is 4. The fourth-order valence-electron chi connectivity index (χ4n) is 14.0. The number of carbonyl (C=O) groups is 17. The molecule has 4 aromatic carbocycles. The van der Waals surface area contributed by atoms with Crippen molar-refractivity contribution in [2.75, 3.05) is 52.5 Å². The largest absolute Gasteiger partial charge is 0.494 e. The zero-order valence-electron chi connectivity index (χ0n) is 78.1. The van der Waals surface area contributed by atoms with Crippen LogP contribution in [0, 0.1) is 25.1 Å². The Labute approximate surface area is 797 Å². The van der Waals surface area contributed by atoms with Gasteiger partial charge in [0.15, 0.2) is 11.6 Å². The molecule has 0 saturated carbocycles. The molecule has 0 aliphatic carbocycles. The third-order valence-electron chi connectivity index (χ3n) is 21.9. The van der Waals surface area contributed by atoms with Crippen LogP contribution >= 0.6 is 0 Å². The third-order valence-corrected chi connectivity index (χ3v) is 21.9. The maximum absolute atomic E-state index is 15.6. The zero-order chi connectivity index (χ0) is 102. The number of aromatic amines is 2. The van der Waals surface area contributed by atoms with Crippen LogP contribution in [0.15, 0.2) is 104 Å². The molecule has 3 aromatic heterocycles. The lowest BCUT2D eigenvalue weighted by Crippen LogP contribution is -2.66. The van der Waals surface area contributed by atoms with E-state index in [-0.39, 0.29) is 43.7 Å². The highest BCUT2D eigenvalue weighted by Gasteiger charge is 2.44. The highest BCUT2D eigenvalue weighted by Crippen LogP contribution is 2.30. The van der Waals surface area contributed by atoms with Gasteiger partial charge in [-0.3, -0.25) is 86.2 Å². The number of hydrogen-bond donors (Lipinski definition) is 23. The van der Waals surface area contributed by atoms with Crippen molar-refractivity contribution in [1.82, 2.24) is 120 Å². The summed E-state index contributed by atoms with van der Waals surface area (Å²) in [5.74, 6) is -17.5. The van der Waals surface area contributed by atoms with Crippen LogP contribution in [0.3, 0.4) is 0 Å². The van der Waals surface area contributed by atoms with E-state index in [1.807, 2.05) is 51.1 Å². The van der Waals surface area contributed by atoms with Gasteiger partial charge in [0, 0.05) is 63.5 Å². The number of hydrogen-bond acceptors (Lipinski definition) is 29. The summed E-state index contributed by atoms with van der Waals surface area (Å²) in [5.41, 5.74) is 13.8. The number of amides is 15. The number of carbonyl (C=O) groups excluding carboxylic acids is 16. The number of Topliss-reactive ketones (excluding diaryl/α,β-unsaturated/α-hetero) is 1. The number of aromatic nitrogens is 9. The molecule has 49 heteroatoms. The molecule has 0 aliphatic rings. The summed E-state index contributed by atoms with van der Waals surface area (Å²) in [6.45, 7) is 8.59. The summed E-state index contributed by atoms with van der Waals surface area (Å²) >= 11 is 0. The number of nitrogens with two attached hydrogens (primary N) is 2. The second-order valence-corrected chi connectivity index (χ2v) is 33.9. The number of aryl methyl sites for hydroxylation is 5. The van der Waals surface area contributed by atoms with E-state index in [9.17, 15) is 102 Å². The monoisotopic (exact) mass is 1940 g/mol. The number of nitrogens with one attached hydrogen (secondary N) is 16. The molecule has 139 heavy (non-hydrogen) atoms. The average Bonchev–Trinajstić information content (AvgIpc) is 1.11. The number of aliphatic hydroxyl groups is 4. The number of aliphatic carboxylic acids is 1. The van der Waals surface area contributed by atoms with Gasteiger partial charge in [-0.05, 0) is 149 Å². The fourth-order valence-corrected chi connectivity index (χ4v) is 14.0. The maximum Gasteiger partial charge on any atom is 0.305 e. The number of carboxylic acids is 1. The minimum Gasteiger partial charge on any atom is -0.494 e. The van der Waals surface area contributed by atoms with Crippen LogP contribution in [0.25, 0.3) is 11.1 Å². The third kappa shape index (κ3) is 36.6. The summed E-state index contributed by atoms with van der Waals surface area (Å²) < 4.78 is 23.3. The smallest absolute Gasteiger partial charge is 0.305 e. The van der Waals surface area contributed by atoms with Crippen molar-refractivity contribution in [2.45, 2.75) is 218 Å². The minimum atomic E-state index is -2.42. The Hall–Kier alpha value is -15.0. The van der Waals surface area contributed by atoms with E-state index in [0.29, 0.717) is 74.4 Å². The van der Waals surface area contributed by atoms with E-state index in [2.05, 4.69) is 115 Å². The van der Waals surface area contributed by atoms with E-state index < -0.39 is 243 Å². The van der Waals surface area contributed by atoms with Gasteiger partial charge in [-0.25, -0.2) is 14.5 Å². The number of unbranched alkanes of at least 4 members (excludes halogenated alkanes) is 1. The van der Waals surface area contributed by atoms with Crippen molar-refractivity contribution < 1.29 is 116 Å². The van der Waals surface area contributed by atoms with Crippen LogP contribution in [0.2, 0.25) is 0 Å². The van der Waals surface area contributed by atoms with Gasteiger partial charge < -0.3 is 121 Å². The van der Waals surface area contributed by atoms with Crippen LogP contribution in [-0.2, 0) is 133 Å². The van der Waals surface area contributed by atoms with Gasteiger partial charge >= 0.3 is 5.97 Å². The van der Waals surface area contributed by atoms with Crippen LogP contribution < -0.4 is 90.6 Å². The number of carboxylic acid groups (broad SMARTS) is 1. The summed E-state index contributed by atoms with van der Waals surface area (Å²) in [6.07, 6.45) is 0.0142. The van der Waals surface area contributed by atoms with Gasteiger partial charge in [0.25, 0.3) is 0 Å². The number of primary amides is 1. The molecular formula is C90H122FN25O23. The van der Waals surface area contributed by atoms with Crippen molar-refractivity contribution in [3.63, 3.8) is 0 Å². The molecule has 0 unspecified atom stereocenters. The number of halogens is 1. The SMILES string of the molecule is CCc1cc(OCCCCn2cc(CNC(=O)CNC(=O)CNC(=O)CNC(=O)CNC(=O)[C@@H](N)CO)nn2)ccc1-c1ccc(C[C@H](NC(=O)[C@H](CC(=O)O)NC(=O)[C@H](CO)NC(=O)[C@@H](NC(=O)[C@](C)(Cc2ccccc2F)NC(=O)[C@@H](NC(=O)CCC(=O)[C@H](Cc2nnn[nH]2)NC(=O)C(C)(C)C(=O)NCCc2cnc[nH]2)[C@@H](C)O)[C@@H](C)O)C(=O)N[C@@H](CCCc2cc(C)cc(C)c2)C(N)=O)cc1. The zero-order valence-corrected chi connectivity index (χ0v) is 78.1. The van der Waals surface area contributed by atoms with Gasteiger partial charge in [0.05, 0.1) is 89.7 Å². The molecule has 0 spiro atoms. The molecule has 7 aromatic rings. The van der Waals surface area contributed by atoms with E-state index in [4.69, 9.17) is 21.3 Å². The van der Waals surface area contributed by atoms with Crippen LogP contribution in [0.1, 0.15) is 137 Å². The van der Waals surface area contributed by atoms with Crippen molar-refractivity contribution in [3.8, 4) is 16.9 Å². The first-order valence-electron chi connectivity index (χ1n) is 44.7. The summed E-state index contributed by atoms with van der Waals surface area (Å²) in [4.78, 5) is 235. The molecule has 7 rings (SSSR count). The Bertz CT molecular complexity index is 5390.